The number of allylic oxidation sites excluding steroid dienone is 1. The van der Waals surface area contributed by atoms with Crippen molar-refractivity contribution in [2.75, 3.05) is 0 Å². The monoisotopic (exact) mass is 1340 g/mol. The standard InChI is InChI=1S/3C18H36O2.C11H20O2.2Ba.2H3N/c3*1-2-3-4-5-6-7-8-9-10-11-12-13-14-15-16-17-18(19)20;1-2-3-4-5-6-7-8-9-10-11(12)13;;;;/h3*2-17H2,1H3,(H,19,20);9-10H,2-8H2,1H3,(H,12,13);;;2*1H3/q;;;;2*+2;;/p-4. The Balaban J connectivity index is -0.000000137. The van der Waals surface area contributed by atoms with Crippen LogP contribution in [0.25, 0.3) is 0 Å². The van der Waals surface area contributed by atoms with Gasteiger partial charge in [-0.2, -0.15) is 0 Å². The van der Waals surface area contributed by atoms with Crippen LogP contribution < -0.4 is 32.7 Å². The number of hydrogen-bond donors (Lipinski definition) is 2. The number of hydrogen-bond acceptors (Lipinski definition) is 10. The second-order valence-electron chi connectivity index (χ2n) is 21.5. The van der Waals surface area contributed by atoms with Gasteiger partial charge in [0.05, 0.1) is 5.97 Å². The van der Waals surface area contributed by atoms with Crippen LogP contribution in [0.2, 0.25) is 0 Å². The van der Waals surface area contributed by atoms with Crippen molar-refractivity contribution in [3.8, 4) is 0 Å². The molecule has 0 aliphatic heterocycles. The molecular weight excluding hydrogens is 1210 g/mol. The van der Waals surface area contributed by atoms with Gasteiger partial charge in [-0.15, -0.1) is 0 Å². The second kappa shape index (κ2) is 90.5. The fourth-order valence-electron chi connectivity index (χ4n) is 9.14. The van der Waals surface area contributed by atoms with Gasteiger partial charge in [0.2, 0.25) is 0 Å². The van der Waals surface area contributed by atoms with Gasteiger partial charge in [-0.1, -0.05) is 336 Å². The molecule has 0 saturated heterocycles. The van der Waals surface area contributed by atoms with Crippen LogP contribution in [0.4, 0.5) is 0 Å². The van der Waals surface area contributed by atoms with E-state index >= 15 is 0 Å². The Bertz CT molecular complexity index is 1010. The Morgan fingerprint density at radius 1 is 0.247 bits per heavy atom. The van der Waals surface area contributed by atoms with E-state index in [0.29, 0.717) is 0 Å². The van der Waals surface area contributed by atoms with Crippen LogP contribution >= 0.6 is 0 Å². The zero-order chi connectivity index (χ0) is 54.6. The second-order valence-corrected chi connectivity index (χ2v) is 21.5. The van der Waals surface area contributed by atoms with Crippen molar-refractivity contribution in [3.63, 3.8) is 0 Å². The van der Waals surface area contributed by atoms with Gasteiger partial charge in [0.1, 0.15) is 0 Å². The van der Waals surface area contributed by atoms with Crippen LogP contribution in [0.1, 0.15) is 381 Å². The van der Waals surface area contributed by atoms with Crippen LogP contribution in [0.3, 0.4) is 0 Å². The number of rotatable bonds is 56. The molecule has 12 heteroatoms. The number of carboxylic acids is 4. The maximum Gasteiger partial charge on any atom is 2.00 e. The van der Waals surface area contributed by atoms with E-state index in [1.54, 1.807) is 6.08 Å². The summed E-state index contributed by atoms with van der Waals surface area (Å²) >= 11 is 0. The van der Waals surface area contributed by atoms with E-state index in [-0.39, 0.29) is 129 Å². The fourth-order valence-corrected chi connectivity index (χ4v) is 9.14. The van der Waals surface area contributed by atoms with Crippen molar-refractivity contribution in [1.82, 2.24) is 12.3 Å². The Morgan fingerprint density at radius 3 is 0.532 bits per heavy atom. The van der Waals surface area contributed by atoms with E-state index in [2.05, 4.69) is 27.7 Å². The van der Waals surface area contributed by atoms with Crippen LogP contribution in [0.15, 0.2) is 12.2 Å². The van der Waals surface area contributed by atoms with Gasteiger partial charge in [0, 0.05) is 17.9 Å². The molecule has 0 heterocycles. The molecule has 0 radical (unpaired) electrons. The molecule has 0 atom stereocenters. The van der Waals surface area contributed by atoms with E-state index in [4.69, 9.17) is 0 Å². The molecule has 0 rings (SSSR count). The Hall–Kier alpha value is 0.683. The molecule has 0 saturated carbocycles. The van der Waals surface area contributed by atoms with Crippen LogP contribution in [0, 0.1) is 0 Å². The molecule has 0 amide bonds. The summed E-state index contributed by atoms with van der Waals surface area (Å²) in [5.41, 5.74) is 0. The zero-order valence-corrected chi connectivity index (χ0v) is 61.0. The quantitative estimate of drug-likeness (QED) is 0.0332. The zero-order valence-electron chi connectivity index (χ0n) is 52.1. The minimum absolute atomic E-state index is 0. The average molecular weight is 1340 g/mol. The summed E-state index contributed by atoms with van der Waals surface area (Å²) in [5.74, 6) is -3.80. The van der Waals surface area contributed by atoms with Crippen LogP contribution in [-0.4, -0.2) is 122 Å². The average Bonchev–Trinajstić information content (AvgIpc) is 3.36. The van der Waals surface area contributed by atoms with Crippen LogP contribution in [0.5, 0.6) is 0 Å². The molecule has 0 aromatic carbocycles. The van der Waals surface area contributed by atoms with E-state index in [0.717, 1.165) is 57.4 Å². The molecule has 0 aromatic heterocycles. The van der Waals surface area contributed by atoms with Gasteiger partial charge in [-0.3, -0.25) is 0 Å². The minimum atomic E-state index is -1.09. The topological polar surface area (TPSA) is 231 Å². The molecular formula is C65H130Ba2N2O8. The Labute approximate surface area is 560 Å². The summed E-state index contributed by atoms with van der Waals surface area (Å²) in [4.78, 5) is 40.6. The predicted octanol–water partition coefficient (Wildman–Crippen LogP) is 16.6. The molecule has 0 bridgehead atoms. The van der Waals surface area contributed by atoms with E-state index in [1.165, 1.54) is 283 Å². The van der Waals surface area contributed by atoms with Crippen molar-refractivity contribution in [1.29, 1.82) is 0 Å². The Kier molecular flexibility index (Phi) is 111. The SMILES string of the molecule is CCCCCCCCC=CC(=O)[O-].CCCCCCCCCCCCCCCCCC(=O)[O-].CCCCCCCCCCCCCCCCCC(=O)[O-].CCCCCCCCCCCCCCCCCC(=O)[O-].N.N.[Ba+2].[Ba+2]. The number of unbranched alkanes of at least 4 members (excludes halogenated alkanes) is 48. The maximum absolute atomic E-state index is 10.2. The molecule has 0 spiro atoms. The first-order chi connectivity index (χ1) is 35.6. The van der Waals surface area contributed by atoms with Gasteiger partial charge in [-0.25, -0.2) is 0 Å². The third-order valence-electron chi connectivity index (χ3n) is 13.9. The van der Waals surface area contributed by atoms with Crippen LogP contribution in [-0.2, 0) is 19.2 Å². The third-order valence-corrected chi connectivity index (χ3v) is 13.9. The summed E-state index contributed by atoms with van der Waals surface area (Å²) in [7, 11) is 0. The molecule has 0 fully saturated rings. The number of carboxylic acid groups (broad SMARTS) is 4. The molecule has 6 N–H and O–H groups in total. The minimum Gasteiger partial charge on any atom is -0.550 e. The smallest absolute Gasteiger partial charge is 0.550 e. The summed E-state index contributed by atoms with van der Waals surface area (Å²) < 4.78 is 0. The van der Waals surface area contributed by atoms with E-state index in [1.807, 2.05) is 0 Å². The summed E-state index contributed by atoms with van der Waals surface area (Å²) in [6.45, 7) is 9.00. The summed E-state index contributed by atoms with van der Waals surface area (Å²) in [5, 5.41) is 40.6. The molecule has 0 aliphatic carbocycles. The molecule has 452 valence electrons. The molecule has 0 aliphatic rings. The van der Waals surface area contributed by atoms with Gasteiger partial charge < -0.3 is 51.9 Å². The Morgan fingerprint density at radius 2 is 0.390 bits per heavy atom. The number of carbonyl (C=O) groups excluding carboxylic acids is 4. The largest absolute Gasteiger partial charge is 2.00 e. The van der Waals surface area contributed by atoms with Gasteiger partial charge in [0.15, 0.2) is 0 Å². The van der Waals surface area contributed by atoms with Gasteiger partial charge in [-0.05, 0) is 57.4 Å². The molecule has 77 heavy (non-hydrogen) atoms. The van der Waals surface area contributed by atoms with Crippen molar-refractivity contribution in [2.24, 2.45) is 0 Å². The molecule has 0 aromatic rings. The normalized spacial score (nSPS) is 10.3. The summed E-state index contributed by atoms with van der Waals surface area (Å²) in [6, 6.07) is 0. The summed E-state index contributed by atoms with van der Waals surface area (Å²) in [6.07, 6.45) is 70.7. The van der Waals surface area contributed by atoms with Crippen molar-refractivity contribution < 1.29 is 39.6 Å². The fraction of sp³-hybridized carbons (Fsp3) is 0.908. The first kappa shape index (κ1) is 94.1. The maximum atomic E-state index is 10.2. The van der Waals surface area contributed by atoms with E-state index < -0.39 is 23.9 Å². The van der Waals surface area contributed by atoms with Gasteiger partial charge >= 0.3 is 97.8 Å². The van der Waals surface area contributed by atoms with Crippen molar-refractivity contribution in [2.45, 2.75) is 381 Å². The first-order valence-electron chi connectivity index (χ1n) is 32.1. The van der Waals surface area contributed by atoms with Crippen molar-refractivity contribution >= 4 is 122 Å². The van der Waals surface area contributed by atoms with Crippen molar-refractivity contribution in [3.05, 3.63) is 12.2 Å². The first-order valence-corrected chi connectivity index (χ1v) is 32.1. The molecule has 0 unspecified atom stereocenters. The number of carbonyl (C=O) groups is 4. The number of aliphatic carboxylic acids is 4. The predicted molar refractivity (Wildman–Crippen MR) is 327 cm³/mol. The molecule has 10 nitrogen and oxygen atoms in total. The third kappa shape index (κ3) is 112. The van der Waals surface area contributed by atoms with E-state index in [9.17, 15) is 39.6 Å². The van der Waals surface area contributed by atoms with Gasteiger partial charge in [0.25, 0.3) is 0 Å².